The first-order valence-electron chi connectivity index (χ1n) is 2.36. The third kappa shape index (κ3) is 23.3. The van der Waals surface area contributed by atoms with Crippen molar-refractivity contribution in [3.63, 3.8) is 0 Å². The van der Waals surface area contributed by atoms with Crippen LogP contribution in [-0.4, -0.2) is 38.9 Å². The van der Waals surface area contributed by atoms with Gasteiger partial charge in [-0.05, 0) is 0 Å². The van der Waals surface area contributed by atoms with Crippen LogP contribution < -0.4 is 0 Å². The van der Waals surface area contributed by atoms with Gasteiger partial charge in [-0.3, -0.25) is 0 Å². The SMILES string of the molecule is ClC(Cl)Cl.OCC(O)CO. The van der Waals surface area contributed by atoms with E-state index in [0.29, 0.717) is 0 Å². The second kappa shape index (κ2) is 9.75. The standard InChI is InChI=1S/C3H8O3.CHCl3/c4-1-3(6)2-5;2-1(3)4/h3-6H,1-2H2;1H. The van der Waals surface area contributed by atoms with Gasteiger partial charge >= 0.3 is 0 Å². The third-order valence-corrected chi connectivity index (χ3v) is 0.421. The van der Waals surface area contributed by atoms with Crippen molar-refractivity contribution in [2.45, 2.75) is 10.4 Å². The van der Waals surface area contributed by atoms with Crippen molar-refractivity contribution in [2.75, 3.05) is 13.2 Å². The largest absolute Gasteiger partial charge is 0.394 e. The summed E-state index contributed by atoms with van der Waals surface area (Å²) < 4.78 is -0.750. The molecule has 0 radical (unpaired) electrons. The zero-order valence-electron chi connectivity index (χ0n) is 5.04. The Hall–Kier alpha value is 0.750. The molecule has 0 fully saturated rings. The van der Waals surface area contributed by atoms with Gasteiger partial charge in [0.25, 0.3) is 0 Å². The highest BCUT2D eigenvalue weighted by Crippen LogP contribution is 2.03. The van der Waals surface area contributed by atoms with Gasteiger partial charge in [0, 0.05) is 0 Å². The molecule has 6 heteroatoms. The van der Waals surface area contributed by atoms with E-state index in [1.807, 2.05) is 0 Å². The van der Waals surface area contributed by atoms with Gasteiger partial charge in [-0.2, -0.15) is 0 Å². The molecule has 64 valence electrons. The number of hydrogen-bond acceptors (Lipinski definition) is 3. The lowest BCUT2D eigenvalue weighted by molar-refractivity contribution is 0.0450. The first-order chi connectivity index (χ1) is 4.54. The lowest BCUT2D eigenvalue weighted by Crippen LogP contribution is -2.15. The zero-order chi connectivity index (χ0) is 8.57. The number of halogens is 3. The van der Waals surface area contributed by atoms with Gasteiger partial charge in [0.1, 0.15) is 6.10 Å². The molecule has 0 aliphatic carbocycles. The van der Waals surface area contributed by atoms with Crippen LogP contribution in [-0.2, 0) is 0 Å². The molecule has 0 spiro atoms. The van der Waals surface area contributed by atoms with Crippen LogP contribution in [0.1, 0.15) is 0 Å². The summed E-state index contributed by atoms with van der Waals surface area (Å²) in [5.74, 6) is 0. The van der Waals surface area contributed by atoms with Crippen molar-refractivity contribution >= 4 is 34.8 Å². The molecule has 0 saturated carbocycles. The van der Waals surface area contributed by atoms with E-state index in [9.17, 15) is 0 Å². The lowest BCUT2D eigenvalue weighted by atomic mass is 10.4. The highest BCUT2D eigenvalue weighted by molar-refractivity contribution is 6.63. The van der Waals surface area contributed by atoms with Crippen LogP contribution in [0.2, 0.25) is 0 Å². The Morgan fingerprint density at radius 2 is 1.20 bits per heavy atom. The fourth-order valence-corrected chi connectivity index (χ4v) is 0.0577. The van der Waals surface area contributed by atoms with E-state index in [4.69, 9.17) is 50.1 Å². The molecule has 0 aliphatic rings. The van der Waals surface area contributed by atoms with Crippen LogP contribution >= 0.6 is 34.8 Å². The van der Waals surface area contributed by atoms with Gasteiger partial charge in [-0.1, -0.05) is 34.8 Å². The van der Waals surface area contributed by atoms with Crippen molar-refractivity contribution in [2.24, 2.45) is 0 Å². The van der Waals surface area contributed by atoms with Gasteiger partial charge in [0.2, 0.25) is 0 Å². The van der Waals surface area contributed by atoms with E-state index >= 15 is 0 Å². The molecular weight excluding hydrogens is 202 g/mol. The van der Waals surface area contributed by atoms with Crippen LogP contribution in [0.4, 0.5) is 0 Å². The lowest BCUT2D eigenvalue weighted by Gasteiger charge is -1.96. The summed E-state index contributed by atoms with van der Waals surface area (Å²) in [5, 5.41) is 24.0. The van der Waals surface area contributed by atoms with Crippen LogP contribution in [0.25, 0.3) is 0 Å². The molecule has 0 aliphatic heterocycles. The number of alkyl halides is 3. The minimum atomic E-state index is -0.954. The Morgan fingerprint density at radius 1 is 1.00 bits per heavy atom. The Kier molecular flexibility index (Phi) is 13.0. The molecule has 0 aromatic carbocycles. The molecule has 0 saturated heterocycles. The minimum Gasteiger partial charge on any atom is -0.394 e. The van der Waals surface area contributed by atoms with E-state index in [2.05, 4.69) is 0 Å². The maximum Gasteiger partial charge on any atom is 0.180 e. The minimum absolute atomic E-state index is 0.365. The van der Waals surface area contributed by atoms with Gasteiger partial charge in [-0.15, -0.1) is 0 Å². The molecule has 0 rings (SSSR count). The highest BCUT2D eigenvalue weighted by atomic mass is 35.6. The summed E-state index contributed by atoms with van der Waals surface area (Å²) in [6.07, 6.45) is -0.954. The van der Waals surface area contributed by atoms with E-state index in [0.717, 1.165) is 0 Å². The summed E-state index contributed by atoms with van der Waals surface area (Å²) in [6.45, 7) is -0.729. The van der Waals surface area contributed by atoms with E-state index in [1.165, 1.54) is 0 Å². The summed E-state index contributed by atoms with van der Waals surface area (Å²) in [4.78, 5) is 0. The molecule has 0 unspecified atom stereocenters. The molecule has 0 atom stereocenters. The van der Waals surface area contributed by atoms with E-state index in [-0.39, 0.29) is 13.2 Å². The summed E-state index contributed by atoms with van der Waals surface area (Å²) in [6, 6.07) is 0. The van der Waals surface area contributed by atoms with Crippen molar-refractivity contribution in [3.8, 4) is 0 Å². The normalized spacial score (nSPS) is 9.60. The van der Waals surface area contributed by atoms with E-state index < -0.39 is 10.4 Å². The number of aliphatic hydroxyl groups excluding tert-OH is 3. The fraction of sp³-hybridized carbons (Fsp3) is 1.00. The molecule has 0 aromatic heterocycles. The van der Waals surface area contributed by atoms with Crippen LogP contribution in [0.5, 0.6) is 0 Å². The molecule has 3 N–H and O–H groups in total. The molecule has 0 bridgehead atoms. The first-order valence-corrected chi connectivity index (χ1v) is 3.67. The van der Waals surface area contributed by atoms with Gasteiger partial charge in [0.05, 0.1) is 13.2 Å². The second-order valence-corrected chi connectivity index (χ2v) is 3.25. The van der Waals surface area contributed by atoms with Gasteiger partial charge in [-0.25, -0.2) is 0 Å². The molecule has 10 heavy (non-hydrogen) atoms. The first kappa shape index (κ1) is 13.3. The van der Waals surface area contributed by atoms with Crippen molar-refractivity contribution < 1.29 is 15.3 Å². The average molecular weight is 211 g/mol. The summed E-state index contributed by atoms with van der Waals surface area (Å²) >= 11 is 14.4. The number of rotatable bonds is 2. The van der Waals surface area contributed by atoms with Crippen molar-refractivity contribution in [1.29, 1.82) is 0 Å². The topological polar surface area (TPSA) is 60.7 Å². The molecule has 0 heterocycles. The fourth-order valence-electron chi connectivity index (χ4n) is 0.0577. The van der Waals surface area contributed by atoms with Gasteiger partial charge in [0.15, 0.2) is 4.30 Å². The predicted molar refractivity (Wildman–Crippen MR) is 41.5 cm³/mol. The highest BCUT2D eigenvalue weighted by Gasteiger charge is 1.93. The predicted octanol–water partition coefficient (Wildman–Crippen LogP) is 0.318. The van der Waals surface area contributed by atoms with Crippen molar-refractivity contribution in [1.82, 2.24) is 0 Å². The average Bonchev–Trinajstić information content (AvgIpc) is 1.85. The summed E-state index contributed by atoms with van der Waals surface area (Å²) in [5.41, 5.74) is 0. The number of hydrogen-bond donors (Lipinski definition) is 3. The maximum atomic E-state index is 8.17. The van der Waals surface area contributed by atoms with Crippen molar-refractivity contribution in [3.05, 3.63) is 0 Å². The van der Waals surface area contributed by atoms with Crippen LogP contribution in [0, 0.1) is 0 Å². The smallest absolute Gasteiger partial charge is 0.180 e. The Bertz CT molecular complexity index is 55.0. The molecule has 0 aromatic rings. The zero-order valence-corrected chi connectivity index (χ0v) is 7.31. The van der Waals surface area contributed by atoms with Crippen LogP contribution in [0.15, 0.2) is 0 Å². The third-order valence-electron chi connectivity index (χ3n) is 0.421. The quantitative estimate of drug-likeness (QED) is 0.577. The Balaban J connectivity index is 0. The van der Waals surface area contributed by atoms with Crippen LogP contribution in [0.3, 0.4) is 0 Å². The molecule has 0 amide bonds. The number of aliphatic hydroxyl groups is 3. The maximum absolute atomic E-state index is 8.17. The Morgan fingerprint density at radius 3 is 1.20 bits per heavy atom. The molecular formula is C4H9Cl3O3. The Labute approximate surface area is 74.1 Å². The summed E-state index contributed by atoms with van der Waals surface area (Å²) in [7, 11) is 0. The monoisotopic (exact) mass is 210 g/mol. The molecule has 3 nitrogen and oxygen atoms in total. The van der Waals surface area contributed by atoms with E-state index in [1.54, 1.807) is 0 Å². The van der Waals surface area contributed by atoms with Gasteiger partial charge < -0.3 is 15.3 Å². The second-order valence-electron chi connectivity index (χ2n) is 1.27.